The van der Waals surface area contributed by atoms with E-state index in [-0.39, 0.29) is 21.9 Å². The van der Waals surface area contributed by atoms with E-state index in [1.54, 1.807) is 30.1 Å². The highest BCUT2D eigenvalue weighted by Gasteiger charge is 2.26. The normalized spacial score (nSPS) is 14.9. The minimum atomic E-state index is -3.91. The van der Waals surface area contributed by atoms with E-state index in [2.05, 4.69) is 4.72 Å². The number of carbonyl (C=O) groups excluding carboxylic acids is 1. The maximum absolute atomic E-state index is 12.8. The molecule has 0 bridgehead atoms. The summed E-state index contributed by atoms with van der Waals surface area (Å²) in [6, 6.07) is 11.6. The zero-order valence-corrected chi connectivity index (χ0v) is 17.0. The second-order valence-corrected chi connectivity index (χ2v) is 9.03. The molecule has 0 heterocycles. The first-order valence-electron chi connectivity index (χ1n) is 8.94. The largest absolute Gasteiger partial charge is 0.339 e. The number of benzene rings is 2. The fraction of sp³-hybridized carbons (Fsp3) is 0.350. The molecule has 0 aliphatic heterocycles. The molecule has 0 radical (unpaired) electrons. The summed E-state index contributed by atoms with van der Waals surface area (Å²) >= 11 is 6.14. The van der Waals surface area contributed by atoms with Crippen molar-refractivity contribution < 1.29 is 13.2 Å². The monoisotopic (exact) mass is 406 g/mol. The molecule has 0 aromatic heterocycles. The van der Waals surface area contributed by atoms with Crippen LogP contribution in [0.25, 0.3) is 0 Å². The Hall–Kier alpha value is -2.05. The van der Waals surface area contributed by atoms with Gasteiger partial charge in [-0.05, 0) is 50.1 Å². The zero-order valence-electron chi connectivity index (χ0n) is 15.4. The number of carbonyl (C=O) groups is 1. The standard InChI is InChI=1S/C20H23ClN2O3S/c1-14-7-10-16(11-8-14)22-27(25,26)19-13-15(9-12-18(19)21)20(24)23(2)17-5-3-4-6-17/h7-13,17,22H,3-6H2,1-2H3. The summed E-state index contributed by atoms with van der Waals surface area (Å²) in [4.78, 5) is 14.4. The van der Waals surface area contributed by atoms with Crippen LogP contribution in [0.5, 0.6) is 0 Å². The molecule has 7 heteroatoms. The van der Waals surface area contributed by atoms with Gasteiger partial charge in [-0.15, -0.1) is 0 Å². The van der Waals surface area contributed by atoms with E-state index < -0.39 is 10.0 Å². The Morgan fingerprint density at radius 3 is 2.37 bits per heavy atom. The molecule has 1 amide bonds. The first kappa shape index (κ1) is 19.7. The maximum atomic E-state index is 12.8. The van der Waals surface area contributed by atoms with Crippen molar-refractivity contribution in [2.24, 2.45) is 0 Å². The molecule has 0 unspecified atom stereocenters. The predicted octanol–water partition coefficient (Wildman–Crippen LogP) is 4.46. The number of nitrogens with zero attached hydrogens (tertiary/aromatic N) is 1. The molecule has 1 aliphatic rings. The van der Waals surface area contributed by atoms with Crippen LogP contribution in [0.1, 0.15) is 41.6 Å². The second-order valence-electron chi connectivity index (χ2n) is 6.97. The Labute approximate surface area is 165 Å². The number of hydrogen-bond donors (Lipinski definition) is 1. The summed E-state index contributed by atoms with van der Waals surface area (Å²) in [5.74, 6) is -0.189. The van der Waals surface area contributed by atoms with Gasteiger partial charge in [0.05, 0.1) is 5.02 Å². The van der Waals surface area contributed by atoms with E-state index >= 15 is 0 Å². The highest BCUT2D eigenvalue weighted by molar-refractivity contribution is 7.92. The third-order valence-corrected chi connectivity index (χ3v) is 6.83. The Bertz CT molecular complexity index is 936. The van der Waals surface area contributed by atoms with E-state index in [4.69, 9.17) is 11.6 Å². The Morgan fingerprint density at radius 1 is 1.11 bits per heavy atom. The summed E-state index contributed by atoms with van der Waals surface area (Å²) in [5.41, 5.74) is 1.79. The van der Waals surface area contributed by atoms with Gasteiger partial charge in [0.2, 0.25) is 0 Å². The zero-order chi connectivity index (χ0) is 19.6. The van der Waals surface area contributed by atoms with Gasteiger partial charge in [0.1, 0.15) is 4.90 Å². The van der Waals surface area contributed by atoms with Gasteiger partial charge < -0.3 is 4.90 Å². The van der Waals surface area contributed by atoms with Crippen LogP contribution in [0.3, 0.4) is 0 Å². The van der Waals surface area contributed by atoms with E-state index in [9.17, 15) is 13.2 Å². The molecule has 27 heavy (non-hydrogen) atoms. The molecule has 1 aliphatic carbocycles. The number of rotatable bonds is 5. The lowest BCUT2D eigenvalue weighted by Crippen LogP contribution is -2.35. The summed E-state index contributed by atoms with van der Waals surface area (Å²) in [7, 11) is -2.14. The van der Waals surface area contributed by atoms with Gasteiger partial charge in [0.15, 0.2) is 0 Å². The van der Waals surface area contributed by atoms with Crippen molar-refractivity contribution in [1.29, 1.82) is 0 Å². The fourth-order valence-electron chi connectivity index (χ4n) is 3.34. The number of aryl methyl sites for hydroxylation is 1. The van der Waals surface area contributed by atoms with Crippen molar-refractivity contribution in [3.05, 3.63) is 58.6 Å². The summed E-state index contributed by atoms with van der Waals surface area (Å²) < 4.78 is 28.1. The molecule has 0 saturated heterocycles. The van der Waals surface area contributed by atoms with Crippen molar-refractivity contribution in [2.75, 3.05) is 11.8 Å². The molecule has 5 nitrogen and oxygen atoms in total. The van der Waals surface area contributed by atoms with Crippen LogP contribution >= 0.6 is 11.6 Å². The minimum Gasteiger partial charge on any atom is -0.339 e. The molecule has 1 N–H and O–H groups in total. The lowest BCUT2D eigenvalue weighted by atomic mass is 10.1. The second kappa shape index (κ2) is 7.90. The van der Waals surface area contributed by atoms with Gasteiger partial charge in [-0.25, -0.2) is 8.42 Å². The number of hydrogen-bond acceptors (Lipinski definition) is 3. The highest BCUT2D eigenvalue weighted by Crippen LogP contribution is 2.28. The van der Waals surface area contributed by atoms with Crippen LogP contribution in [0, 0.1) is 6.92 Å². The maximum Gasteiger partial charge on any atom is 0.263 e. The van der Waals surface area contributed by atoms with Crippen LogP contribution in [0.2, 0.25) is 5.02 Å². The molecule has 3 rings (SSSR count). The smallest absolute Gasteiger partial charge is 0.263 e. The Kier molecular flexibility index (Phi) is 5.77. The van der Waals surface area contributed by atoms with Crippen LogP contribution in [-0.4, -0.2) is 32.3 Å². The minimum absolute atomic E-state index is 0.0784. The molecule has 1 fully saturated rings. The molecule has 1 saturated carbocycles. The molecular formula is C20H23ClN2O3S. The van der Waals surface area contributed by atoms with E-state index in [1.807, 2.05) is 19.1 Å². The molecular weight excluding hydrogens is 384 g/mol. The number of anilines is 1. The van der Waals surface area contributed by atoms with Crippen molar-refractivity contribution >= 4 is 33.2 Å². The quantitative estimate of drug-likeness (QED) is 0.796. The van der Waals surface area contributed by atoms with E-state index in [1.165, 1.54) is 12.1 Å². The van der Waals surface area contributed by atoms with Gasteiger partial charge in [-0.3, -0.25) is 9.52 Å². The molecule has 0 atom stereocenters. The lowest BCUT2D eigenvalue weighted by Gasteiger charge is -2.24. The lowest BCUT2D eigenvalue weighted by molar-refractivity contribution is 0.0735. The van der Waals surface area contributed by atoms with E-state index in [0.29, 0.717) is 11.3 Å². The third kappa shape index (κ3) is 4.45. The molecule has 0 spiro atoms. The van der Waals surface area contributed by atoms with Crippen LogP contribution in [-0.2, 0) is 10.0 Å². The van der Waals surface area contributed by atoms with Gasteiger partial charge >= 0.3 is 0 Å². The van der Waals surface area contributed by atoms with Gasteiger partial charge in [-0.1, -0.05) is 42.1 Å². The van der Waals surface area contributed by atoms with Gasteiger partial charge in [0.25, 0.3) is 15.9 Å². The van der Waals surface area contributed by atoms with Crippen LogP contribution in [0.15, 0.2) is 47.4 Å². The average molecular weight is 407 g/mol. The number of amides is 1. The van der Waals surface area contributed by atoms with Crippen molar-refractivity contribution in [3.8, 4) is 0 Å². The Balaban J connectivity index is 1.87. The third-order valence-electron chi connectivity index (χ3n) is 4.96. The Morgan fingerprint density at radius 2 is 1.74 bits per heavy atom. The van der Waals surface area contributed by atoms with Crippen LogP contribution in [0.4, 0.5) is 5.69 Å². The highest BCUT2D eigenvalue weighted by atomic mass is 35.5. The molecule has 144 valence electrons. The number of nitrogens with one attached hydrogen (secondary N) is 1. The summed E-state index contributed by atoms with van der Waals surface area (Å²) in [5, 5.41) is 0.0784. The first-order valence-corrected chi connectivity index (χ1v) is 10.8. The SMILES string of the molecule is Cc1ccc(NS(=O)(=O)c2cc(C(=O)N(C)C3CCCC3)ccc2Cl)cc1. The van der Waals surface area contributed by atoms with Gasteiger partial charge in [-0.2, -0.15) is 0 Å². The van der Waals surface area contributed by atoms with Crippen molar-refractivity contribution in [2.45, 2.75) is 43.5 Å². The van der Waals surface area contributed by atoms with Crippen LogP contribution < -0.4 is 4.72 Å². The molecule has 2 aromatic carbocycles. The fourth-order valence-corrected chi connectivity index (χ4v) is 4.92. The summed E-state index contributed by atoms with van der Waals surface area (Å²) in [6.45, 7) is 1.92. The predicted molar refractivity (Wildman–Crippen MR) is 108 cm³/mol. The first-order chi connectivity index (χ1) is 12.8. The summed E-state index contributed by atoms with van der Waals surface area (Å²) in [6.07, 6.45) is 4.19. The average Bonchev–Trinajstić information content (AvgIpc) is 3.17. The molecule has 2 aromatic rings. The number of sulfonamides is 1. The van der Waals surface area contributed by atoms with Gasteiger partial charge in [0, 0.05) is 24.3 Å². The number of halogens is 1. The van der Waals surface area contributed by atoms with E-state index in [0.717, 1.165) is 31.2 Å². The van der Waals surface area contributed by atoms with Crippen molar-refractivity contribution in [3.63, 3.8) is 0 Å². The topological polar surface area (TPSA) is 66.5 Å². The van der Waals surface area contributed by atoms with Crippen molar-refractivity contribution in [1.82, 2.24) is 4.90 Å².